The molecule has 0 amide bonds. The van der Waals surface area contributed by atoms with Crippen molar-refractivity contribution in [3.63, 3.8) is 0 Å². The van der Waals surface area contributed by atoms with Crippen LogP contribution in [0.15, 0.2) is 0 Å². The zero-order valence-corrected chi connectivity index (χ0v) is 8.80. The summed E-state index contributed by atoms with van der Waals surface area (Å²) in [7, 11) is -1.53. The summed E-state index contributed by atoms with van der Waals surface area (Å²) >= 11 is 4.07. The van der Waals surface area contributed by atoms with Crippen molar-refractivity contribution in [2.24, 2.45) is 0 Å². The van der Waals surface area contributed by atoms with E-state index in [9.17, 15) is 8.76 Å². The highest BCUT2D eigenvalue weighted by atomic mass is 35.6. The van der Waals surface area contributed by atoms with Gasteiger partial charge in [0, 0.05) is 5.75 Å². The Balaban J connectivity index is 3.29. The Kier molecular flexibility index (Phi) is 4.76. The fraction of sp³-hybridized carbons (Fsp3) is 1.00. The molecule has 0 aromatic carbocycles. The van der Waals surface area contributed by atoms with Crippen molar-refractivity contribution in [3.05, 3.63) is 0 Å². The van der Waals surface area contributed by atoms with E-state index in [1.165, 1.54) is 0 Å². The van der Waals surface area contributed by atoms with Crippen molar-refractivity contribution in [2.75, 3.05) is 5.75 Å². The van der Waals surface area contributed by atoms with E-state index in [2.05, 4.69) is 0 Å². The zero-order valence-electron chi connectivity index (χ0n) is 6.22. The van der Waals surface area contributed by atoms with Crippen molar-refractivity contribution >= 4 is 29.5 Å². The molecular formula is C5H12ClO2SSi-. The molecule has 2 nitrogen and oxygen atoms in total. The molecule has 0 rings (SSSR count). The summed E-state index contributed by atoms with van der Waals surface area (Å²) < 4.78 is 20.1. The van der Waals surface area contributed by atoms with E-state index in [-0.39, 0.29) is 5.75 Å². The van der Waals surface area contributed by atoms with Crippen LogP contribution in [0.5, 0.6) is 0 Å². The highest BCUT2D eigenvalue weighted by Gasteiger charge is 2.15. The van der Waals surface area contributed by atoms with Gasteiger partial charge in [0.1, 0.15) is 0 Å². The average Bonchev–Trinajstić information content (AvgIpc) is 1.59. The van der Waals surface area contributed by atoms with E-state index >= 15 is 0 Å². The van der Waals surface area contributed by atoms with Crippen molar-refractivity contribution in [3.8, 4) is 0 Å². The lowest BCUT2D eigenvalue weighted by Gasteiger charge is -2.12. The average molecular weight is 200 g/mol. The van der Waals surface area contributed by atoms with Crippen LogP contribution >= 0.6 is 11.1 Å². The number of hydrogen-bond donors (Lipinski definition) is 0. The Morgan fingerprint density at radius 2 is 2.10 bits per heavy atom. The minimum Gasteiger partial charge on any atom is -0.772 e. The fourth-order valence-corrected chi connectivity index (χ4v) is 2.67. The lowest BCUT2D eigenvalue weighted by atomic mass is 10.6. The molecule has 1 atom stereocenters. The summed E-state index contributed by atoms with van der Waals surface area (Å²) in [4.78, 5) is 0. The molecule has 0 N–H and O–H groups in total. The van der Waals surface area contributed by atoms with Gasteiger partial charge in [-0.15, -0.1) is 0 Å². The smallest absolute Gasteiger partial charge is 0.150 e. The second-order valence-electron chi connectivity index (χ2n) is 2.83. The highest BCUT2D eigenvalue weighted by molar-refractivity contribution is 7.79. The molecule has 0 heterocycles. The largest absolute Gasteiger partial charge is 0.772 e. The standard InChI is InChI=1S/C5H13ClO2SSi/c1-10(2,6)5-3-4-9(7)8/h3-5H2,1-2H3,(H,7,8)/p-1. The molecule has 10 heavy (non-hydrogen) atoms. The van der Waals surface area contributed by atoms with Crippen LogP contribution in [0.2, 0.25) is 19.1 Å². The van der Waals surface area contributed by atoms with Gasteiger partial charge in [-0.25, -0.2) is 0 Å². The highest BCUT2D eigenvalue weighted by Crippen LogP contribution is 2.15. The summed E-state index contributed by atoms with van der Waals surface area (Å²) in [6, 6.07) is 0.878. The molecule has 0 aliphatic rings. The topological polar surface area (TPSA) is 40.1 Å². The molecule has 0 aliphatic carbocycles. The van der Waals surface area contributed by atoms with Gasteiger partial charge < -0.3 is 4.55 Å². The monoisotopic (exact) mass is 199 g/mol. The second-order valence-corrected chi connectivity index (χ2v) is 10.9. The van der Waals surface area contributed by atoms with Crippen molar-refractivity contribution in [2.45, 2.75) is 25.6 Å². The van der Waals surface area contributed by atoms with Gasteiger partial charge in [0.15, 0.2) is 7.38 Å². The van der Waals surface area contributed by atoms with Crippen molar-refractivity contribution < 1.29 is 8.76 Å². The van der Waals surface area contributed by atoms with Gasteiger partial charge in [-0.3, -0.25) is 4.21 Å². The normalized spacial score (nSPS) is 15.2. The van der Waals surface area contributed by atoms with Crippen molar-refractivity contribution in [1.29, 1.82) is 0 Å². The molecular weight excluding hydrogens is 188 g/mol. The van der Waals surface area contributed by atoms with Crippen LogP contribution in [0.25, 0.3) is 0 Å². The van der Waals surface area contributed by atoms with Crippen LogP contribution in [0, 0.1) is 0 Å². The Bertz CT molecular complexity index is 123. The first-order chi connectivity index (χ1) is 4.42. The predicted octanol–water partition coefficient (Wildman–Crippen LogP) is 1.70. The van der Waals surface area contributed by atoms with Gasteiger partial charge in [-0.05, 0) is 12.5 Å². The fourth-order valence-electron chi connectivity index (χ4n) is 0.610. The van der Waals surface area contributed by atoms with Gasteiger partial charge in [0.05, 0.1) is 0 Å². The zero-order chi connectivity index (χ0) is 8.20. The number of rotatable bonds is 4. The molecule has 0 bridgehead atoms. The van der Waals surface area contributed by atoms with Gasteiger partial charge >= 0.3 is 0 Å². The van der Waals surface area contributed by atoms with E-state index in [0.29, 0.717) is 6.42 Å². The van der Waals surface area contributed by atoms with Crippen LogP contribution in [-0.2, 0) is 11.1 Å². The Hall–Kier alpha value is 0.617. The van der Waals surface area contributed by atoms with Gasteiger partial charge in [-0.1, -0.05) is 24.2 Å². The first-order valence-corrected chi connectivity index (χ1v) is 8.63. The summed E-state index contributed by atoms with van der Waals surface area (Å²) in [5.41, 5.74) is 0. The van der Waals surface area contributed by atoms with Crippen LogP contribution in [0.4, 0.5) is 0 Å². The van der Waals surface area contributed by atoms with E-state index in [1.54, 1.807) is 0 Å². The Morgan fingerprint density at radius 1 is 1.60 bits per heavy atom. The molecule has 0 saturated heterocycles. The first kappa shape index (κ1) is 10.6. The minimum atomic E-state index is -1.89. The van der Waals surface area contributed by atoms with Crippen molar-refractivity contribution in [1.82, 2.24) is 0 Å². The molecule has 0 fully saturated rings. The quantitative estimate of drug-likeness (QED) is 0.393. The molecule has 0 aromatic rings. The van der Waals surface area contributed by atoms with Crippen LogP contribution in [-0.4, -0.2) is 21.9 Å². The third kappa shape index (κ3) is 8.62. The van der Waals surface area contributed by atoms with E-state index in [4.69, 9.17) is 11.1 Å². The maximum atomic E-state index is 10.1. The van der Waals surface area contributed by atoms with E-state index < -0.39 is 18.5 Å². The maximum Gasteiger partial charge on any atom is 0.150 e. The van der Waals surface area contributed by atoms with Crippen LogP contribution in [0.3, 0.4) is 0 Å². The Labute approximate surface area is 70.0 Å². The third-order valence-corrected chi connectivity index (χ3v) is 3.81. The summed E-state index contributed by atoms with van der Waals surface area (Å²) in [6.45, 7) is 4.03. The van der Waals surface area contributed by atoms with Gasteiger partial charge in [-0.2, -0.15) is 11.1 Å². The minimum absolute atomic E-state index is 0.253. The summed E-state index contributed by atoms with van der Waals surface area (Å²) in [5.74, 6) is 0.253. The number of halogens is 1. The predicted molar refractivity (Wildman–Crippen MR) is 46.5 cm³/mol. The second kappa shape index (κ2) is 4.49. The van der Waals surface area contributed by atoms with Crippen LogP contribution in [0.1, 0.15) is 6.42 Å². The maximum absolute atomic E-state index is 10.1. The molecule has 0 radical (unpaired) electrons. The molecule has 0 saturated carbocycles. The lowest BCUT2D eigenvalue weighted by molar-refractivity contribution is 0.536. The molecule has 5 heteroatoms. The SMILES string of the molecule is C[Si](C)(Cl)CCCS(=O)[O-]. The Morgan fingerprint density at radius 3 is 2.40 bits per heavy atom. The molecule has 0 aromatic heterocycles. The molecule has 62 valence electrons. The number of hydrogen-bond acceptors (Lipinski definition) is 2. The summed E-state index contributed by atoms with van der Waals surface area (Å²) in [5, 5.41) is 0. The van der Waals surface area contributed by atoms with Gasteiger partial charge in [0.25, 0.3) is 0 Å². The third-order valence-electron chi connectivity index (χ3n) is 1.08. The van der Waals surface area contributed by atoms with Crippen LogP contribution < -0.4 is 0 Å². The molecule has 0 spiro atoms. The van der Waals surface area contributed by atoms with Gasteiger partial charge in [0.2, 0.25) is 0 Å². The molecule has 1 unspecified atom stereocenters. The van der Waals surface area contributed by atoms with E-state index in [0.717, 1.165) is 6.04 Å². The lowest BCUT2D eigenvalue weighted by Crippen LogP contribution is -2.16. The van der Waals surface area contributed by atoms with E-state index in [1.807, 2.05) is 13.1 Å². The molecule has 0 aliphatic heterocycles. The summed E-state index contributed by atoms with van der Waals surface area (Å²) in [6.07, 6.45) is 0.707. The first-order valence-electron chi connectivity index (χ1n) is 3.16.